The molecule has 1 aromatic rings. The minimum Gasteiger partial charge on any atom is -0.339 e. The fourth-order valence-corrected chi connectivity index (χ4v) is 6.39. The molecule has 0 spiro atoms. The van der Waals surface area contributed by atoms with Gasteiger partial charge in [-0.15, -0.1) is 0 Å². The molecule has 5 fully saturated rings. The summed E-state index contributed by atoms with van der Waals surface area (Å²) < 4.78 is 0. The molecular weight excluding hydrogens is 346 g/mol. The number of hydrogen-bond donors (Lipinski definition) is 0. The first-order chi connectivity index (χ1) is 13.0. The number of rotatable bonds is 3. The lowest BCUT2D eigenvalue weighted by Gasteiger charge is -2.57. The van der Waals surface area contributed by atoms with E-state index in [-0.39, 0.29) is 11.1 Å². The van der Waals surface area contributed by atoms with Crippen LogP contribution < -0.4 is 4.90 Å². The molecule has 0 radical (unpaired) electrons. The third kappa shape index (κ3) is 2.85. The zero-order chi connectivity index (χ0) is 18.6. The van der Waals surface area contributed by atoms with Crippen LogP contribution in [0.1, 0.15) is 38.5 Å². The molecule has 1 aromatic heterocycles. The van der Waals surface area contributed by atoms with Gasteiger partial charge >= 0.3 is 5.69 Å². The van der Waals surface area contributed by atoms with Crippen molar-refractivity contribution >= 4 is 17.5 Å². The normalized spacial score (nSPS) is 34.7. The van der Waals surface area contributed by atoms with E-state index in [0.29, 0.717) is 38.0 Å². The second-order valence-electron chi connectivity index (χ2n) is 8.98. The summed E-state index contributed by atoms with van der Waals surface area (Å²) in [6.45, 7) is 2.72. The van der Waals surface area contributed by atoms with E-state index in [2.05, 4.69) is 14.9 Å². The summed E-state index contributed by atoms with van der Waals surface area (Å²) in [6, 6.07) is 0. The van der Waals surface area contributed by atoms with Gasteiger partial charge in [0.05, 0.1) is 10.3 Å². The van der Waals surface area contributed by atoms with E-state index in [1.807, 2.05) is 4.90 Å². The van der Waals surface area contributed by atoms with Gasteiger partial charge in [-0.2, -0.15) is 0 Å². The van der Waals surface area contributed by atoms with Crippen molar-refractivity contribution in [3.63, 3.8) is 0 Å². The van der Waals surface area contributed by atoms with Crippen LogP contribution in [0.4, 0.5) is 11.6 Å². The smallest absolute Gasteiger partial charge is 0.305 e. The minimum atomic E-state index is -0.494. The van der Waals surface area contributed by atoms with Crippen molar-refractivity contribution in [1.29, 1.82) is 0 Å². The van der Waals surface area contributed by atoms with Crippen molar-refractivity contribution < 1.29 is 9.72 Å². The molecule has 0 aromatic carbocycles. The van der Waals surface area contributed by atoms with Crippen molar-refractivity contribution in [2.45, 2.75) is 38.5 Å². The number of carbonyl (C=O) groups is 1. The molecular formula is C19H25N5O3. The van der Waals surface area contributed by atoms with E-state index in [1.165, 1.54) is 31.7 Å². The minimum absolute atomic E-state index is 0.0826. The summed E-state index contributed by atoms with van der Waals surface area (Å²) in [5.41, 5.74) is -0.185. The Labute approximate surface area is 158 Å². The lowest BCUT2D eigenvalue weighted by molar-refractivity contribution is -0.385. The number of aromatic nitrogens is 2. The molecule has 0 unspecified atom stereocenters. The van der Waals surface area contributed by atoms with Crippen LogP contribution in [0, 0.1) is 33.3 Å². The molecule has 1 amide bonds. The third-order valence-corrected chi connectivity index (χ3v) is 7.18. The average Bonchev–Trinajstić information content (AvgIpc) is 2.66. The van der Waals surface area contributed by atoms with Crippen molar-refractivity contribution in [3.05, 3.63) is 22.5 Å². The number of amides is 1. The van der Waals surface area contributed by atoms with Gasteiger partial charge in [0.25, 0.3) is 0 Å². The Bertz CT molecular complexity index is 722. The number of nitrogens with zero attached hydrogens (tertiary/aromatic N) is 5. The summed E-state index contributed by atoms with van der Waals surface area (Å²) in [7, 11) is 0. The number of piperazine rings is 1. The maximum atomic E-state index is 13.4. The zero-order valence-electron chi connectivity index (χ0n) is 15.4. The van der Waals surface area contributed by atoms with Crippen molar-refractivity contribution in [3.8, 4) is 0 Å². The fraction of sp³-hybridized carbons (Fsp3) is 0.737. The van der Waals surface area contributed by atoms with E-state index >= 15 is 0 Å². The molecule has 5 aliphatic rings. The van der Waals surface area contributed by atoms with Crippen LogP contribution in [0.5, 0.6) is 0 Å². The molecule has 4 saturated carbocycles. The van der Waals surface area contributed by atoms with Crippen LogP contribution >= 0.6 is 0 Å². The molecule has 4 aliphatic carbocycles. The van der Waals surface area contributed by atoms with Gasteiger partial charge in [0.1, 0.15) is 12.4 Å². The summed E-state index contributed by atoms with van der Waals surface area (Å²) in [4.78, 5) is 36.0. The molecule has 27 heavy (non-hydrogen) atoms. The Morgan fingerprint density at radius 2 is 1.52 bits per heavy atom. The van der Waals surface area contributed by atoms with E-state index < -0.39 is 4.92 Å². The first-order valence-corrected chi connectivity index (χ1v) is 10.0. The summed E-state index contributed by atoms with van der Waals surface area (Å²) in [5, 5.41) is 10.7. The number of carbonyl (C=O) groups excluding carboxylic acids is 1. The first kappa shape index (κ1) is 16.9. The van der Waals surface area contributed by atoms with Crippen molar-refractivity contribution in [2.24, 2.45) is 23.2 Å². The highest BCUT2D eigenvalue weighted by Crippen LogP contribution is 2.60. The molecule has 6 rings (SSSR count). The monoisotopic (exact) mass is 371 g/mol. The Morgan fingerprint density at radius 3 is 2.00 bits per heavy atom. The maximum absolute atomic E-state index is 13.4. The van der Waals surface area contributed by atoms with Crippen molar-refractivity contribution in [1.82, 2.24) is 14.9 Å². The van der Waals surface area contributed by atoms with E-state index in [4.69, 9.17) is 0 Å². The van der Waals surface area contributed by atoms with Gasteiger partial charge in [0, 0.05) is 26.2 Å². The van der Waals surface area contributed by atoms with Crippen molar-refractivity contribution in [2.75, 3.05) is 31.1 Å². The molecule has 2 heterocycles. The molecule has 8 heteroatoms. The largest absolute Gasteiger partial charge is 0.339 e. The highest BCUT2D eigenvalue weighted by atomic mass is 16.6. The predicted molar refractivity (Wildman–Crippen MR) is 98.1 cm³/mol. The summed E-state index contributed by atoms with van der Waals surface area (Å²) in [6.07, 6.45) is 9.83. The third-order valence-electron chi connectivity index (χ3n) is 7.18. The van der Waals surface area contributed by atoms with Gasteiger partial charge in [0.15, 0.2) is 0 Å². The van der Waals surface area contributed by atoms with Gasteiger partial charge in [-0.3, -0.25) is 14.9 Å². The van der Waals surface area contributed by atoms with E-state index in [9.17, 15) is 14.9 Å². The number of anilines is 1. The standard InChI is InChI=1S/C19H25N5O3/c25-17(19-8-13-5-14(9-19)7-15(6-13)10-19)22-1-3-23(4-2-22)18-20-11-16(12-21-18)24(26)27/h11-15H,1-10H2. The van der Waals surface area contributed by atoms with Gasteiger partial charge in [-0.05, 0) is 56.3 Å². The second-order valence-corrected chi connectivity index (χ2v) is 8.98. The Morgan fingerprint density at radius 1 is 1.00 bits per heavy atom. The van der Waals surface area contributed by atoms with Crippen LogP contribution in [0.3, 0.4) is 0 Å². The van der Waals surface area contributed by atoms with E-state index in [0.717, 1.165) is 37.0 Å². The van der Waals surface area contributed by atoms with Crippen LogP contribution in [-0.2, 0) is 4.79 Å². The molecule has 8 nitrogen and oxygen atoms in total. The van der Waals surface area contributed by atoms with Crippen LogP contribution in [0.2, 0.25) is 0 Å². The number of hydrogen-bond acceptors (Lipinski definition) is 6. The second kappa shape index (κ2) is 6.14. The van der Waals surface area contributed by atoms with Gasteiger partial charge in [-0.1, -0.05) is 0 Å². The maximum Gasteiger partial charge on any atom is 0.305 e. The molecule has 0 atom stereocenters. The van der Waals surface area contributed by atoms with Gasteiger partial charge in [0.2, 0.25) is 11.9 Å². The molecule has 4 bridgehead atoms. The Hall–Kier alpha value is -2.25. The lowest BCUT2D eigenvalue weighted by Crippen LogP contribution is -2.58. The zero-order valence-corrected chi connectivity index (χ0v) is 15.4. The predicted octanol–water partition coefficient (Wildman–Crippen LogP) is 2.25. The van der Waals surface area contributed by atoms with Crippen LogP contribution in [-0.4, -0.2) is 51.9 Å². The summed E-state index contributed by atoms with van der Waals surface area (Å²) >= 11 is 0. The van der Waals surface area contributed by atoms with Crippen LogP contribution in [0.25, 0.3) is 0 Å². The fourth-order valence-electron chi connectivity index (χ4n) is 6.39. The Kier molecular flexibility index (Phi) is 3.84. The quantitative estimate of drug-likeness (QED) is 0.598. The van der Waals surface area contributed by atoms with E-state index in [1.54, 1.807) is 0 Å². The first-order valence-electron chi connectivity index (χ1n) is 10.0. The number of nitro groups is 1. The molecule has 1 aliphatic heterocycles. The molecule has 1 saturated heterocycles. The molecule has 0 N–H and O–H groups in total. The lowest BCUT2D eigenvalue weighted by atomic mass is 9.49. The SMILES string of the molecule is O=C(N1CCN(c2ncc([N+](=O)[O-])cn2)CC1)C12CC3CC(CC(C3)C1)C2. The van der Waals surface area contributed by atoms with Crippen LogP contribution in [0.15, 0.2) is 12.4 Å². The topological polar surface area (TPSA) is 92.5 Å². The average molecular weight is 371 g/mol. The molecule has 144 valence electrons. The van der Waals surface area contributed by atoms with Gasteiger partial charge in [-0.25, -0.2) is 9.97 Å². The summed E-state index contributed by atoms with van der Waals surface area (Å²) in [5.74, 6) is 3.20. The highest BCUT2D eigenvalue weighted by molar-refractivity contribution is 5.83. The Balaban J connectivity index is 1.24. The van der Waals surface area contributed by atoms with Gasteiger partial charge < -0.3 is 9.80 Å². The highest BCUT2D eigenvalue weighted by Gasteiger charge is 2.55.